The maximum Gasteiger partial charge on any atom is 0.252 e. The van der Waals surface area contributed by atoms with Gasteiger partial charge >= 0.3 is 0 Å². The van der Waals surface area contributed by atoms with Crippen LogP contribution in [0.2, 0.25) is 0 Å². The van der Waals surface area contributed by atoms with Crippen molar-refractivity contribution in [2.45, 2.75) is 24.6 Å². The Hall–Kier alpha value is -2.53. The average molecular weight is 397 g/mol. The van der Waals surface area contributed by atoms with E-state index in [1.165, 1.54) is 29.3 Å². The van der Waals surface area contributed by atoms with E-state index in [1.807, 2.05) is 0 Å². The van der Waals surface area contributed by atoms with Crippen molar-refractivity contribution in [1.82, 2.24) is 20.1 Å². The van der Waals surface area contributed by atoms with Gasteiger partial charge < -0.3 is 15.8 Å². The van der Waals surface area contributed by atoms with Crippen molar-refractivity contribution >= 4 is 15.7 Å². The highest BCUT2D eigenvalue weighted by Gasteiger charge is 2.28. The van der Waals surface area contributed by atoms with Gasteiger partial charge in [-0.1, -0.05) is 0 Å². The molecular formula is C16H20FN5O4S. The number of sulfone groups is 1. The molecule has 3 rings (SSSR count). The normalized spacial score (nSPS) is 20.4. The molecule has 3 N–H and O–H groups in total. The first-order chi connectivity index (χ1) is 12.7. The molecule has 1 aliphatic rings. The van der Waals surface area contributed by atoms with E-state index in [0.717, 1.165) is 6.26 Å². The zero-order valence-electron chi connectivity index (χ0n) is 14.6. The number of nitrogens with two attached hydrogens (primary N) is 1. The van der Waals surface area contributed by atoms with Crippen LogP contribution in [0.25, 0.3) is 11.3 Å². The number of ether oxygens (including phenoxy) is 1. The Morgan fingerprint density at radius 2 is 2.26 bits per heavy atom. The summed E-state index contributed by atoms with van der Waals surface area (Å²) in [6.45, 7) is 0.795. The number of halogens is 1. The number of carbonyl (C=O) groups excluding carboxylic acids is 1. The number of hydrogen-bond donors (Lipinski definition) is 2. The molecule has 0 saturated carbocycles. The molecule has 0 radical (unpaired) electrons. The van der Waals surface area contributed by atoms with Crippen LogP contribution in [0, 0.1) is 0 Å². The molecule has 0 aliphatic carbocycles. The lowest BCUT2D eigenvalue weighted by atomic mass is 10.1. The van der Waals surface area contributed by atoms with Crippen molar-refractivity contribution in [3.8, 4) is 17.0 Å². The Balaban J connectivity index is 1.86. The van der Waals surface area contributed by atoms with E-state index in [2.05, 4.69) is 15.4 Å². The number of amides is 1. The number of nitrogens with one attached hydrogen (secondary N) is 1. The number of rotatable bonds is 6. The maximum absolute atomic E-state index is 14.0. The molecule has 146 valence electrons. The molecule has 1 fully saturated rings. The minimum Gasteiger partial charge on any atom is -0.485 e. The van der Waals surface area contributed by atoms with Gasteiger partial charge in [-0.25, -0.2) is 12.8 Å². The lowest BCUT2D eigenvalue weighted by Gasteiger charge is -2.27. The van der Waals surface area contributed by atoms with Gasteiger partial charge in [0, 0.05) is 24.6 Å². The lowest BCUT2D eigenvalue weighted by Crippen LogP contribution is -2.44. The average Bonchev–Trinajstić information content (AvgIpc) is 3.03. The summed E-state index contributed by atoms with van der Waals surface area (Å²) >= 11 is 0. The second-order valence-electron chi connectivity index (χ2n) is 6.42. The van der Waals surface area contributed by atoms with E-state index in [-0.39, 0.29) is 23.7 Å². The third-order valence-electron chi connectivity index (χ3n) is 4.06. The summed E-state index contributed by atoms with van der Waals surface area (Å²) in [5.74, 6) is -0.893. The number of alkyl halides is 1. The van der Waals surface area contributed by atoms with Crippen LogP contribution in [0.15, 0.2) is 24.7 Å². The molecule has 2 aromatic heterocycles. The summed E-state index contributed by atoms with van der Waals surface area (Å²) in [7, 11) is -3.25. The van der Waals surface area contributed by atoms with Gasteiger partial charge in [0.2, 0.25) is 0 Å². The van der Waals surface area contributed by atoms with Crippen LogP contribution in [0.4, 0.5) is 4.39 Å². The molecule has 0 bridgehead atoms. The van der Waals surface area contributed by atoms with Crippen LogP contribution >= 0.6 is 0 Å². The number of pyridine rings is 1. The van der Waals surface area contributed by atoms with Crippen molar-refractivity contribution < 1.29 is 22.3 Å². The van der Waals surface area contributed by atoms with E-state index >= 15 is 0 Å². The Labute approximate surface area is 155 Å². The van der Waals surface area contributed by atoms with Gasteiger partial charge in [0.1, 0.15) is 18.2 Å². The number of hydrogen-bond acceptors (Lipinski definition) is 7. The predicted octanol–water partition coefficient (Wildman–Crippen LogP) is 0.125. The molecule has 0 spiro atoms. The molecule has 2 atom stereocenters. The Morgan fingerprint density at radius 1 is 1.48 bits per heavy atom. The summed E-state index contributed by atoms with van der Waals surface area (Å²) in [4.78, 5) is 16.0. The summed E-state index contributed by atoms with van der Waals surface area (Å²) < 4.78 is 43.6. The van der Waals surface area contributed by atoms with E-state index < -0.39 is 28.0 Å². The van der Waals surface area contributed by atoms with Gasteiger partial charge in [0.15, 0.2) is 15.6 Å². The van der Waals surface area contributed by atoms with Crippen LogP contribution in [0.5, 0.6) is 5.75 Å². The predicted molar refractivity (Wildman–Crippen MR) is 95.6 cm³/mol. The largest absolute Gasteiger partial charge is 0.485 e. The zero-order valence-corrected chi connectivity index (χ0v) is 15.4. The molecule has 2 aromatic rings. The molecule has 2 unspecified atom stereocenters. The number of piperidine rings is 1. The van der Waals surface area contributed by atoms with E-state index in [9.17, 15) is 17.6 Å². The van der Waals surface area contributed by atoms with Crippen LogP contribution in [0.1, 0.15) is 16.8 Å². The van der Waals surface area contributed by atoms with Gasteiger partial charge in [-0.2, -0.15) is 5.10 Å². The molecule has 27 heavy (non-hydrogen) atoms. The molecule has 3 heterocycles. The smallest absolute Gasteiger partial charge is 0.252 e. The summed E-state index contributed by atoms with van der Waals surface area (Å²) in [6.07, 6.45) is 3.92. The van der Waals surface area contributed by atoms with Gasteiger partial charge in [-0.3, -0.25) is 14.5 Å². The molecule has 1 amide bonds. The third kappa shape index (κ3) is 4.80. The van der Waals surface area contributed by atoms with Crippen LogP contribution in [-0.2, 0) is 15.7 Å². The summed E-state index contributed by atoms with van der Waals surface area (Å²) in [6, 6.07) is 1.42. The number of carbonyl (C=O) groups is 1. The topological polar surface area (TPSA) is 129 Å². The van der Waals surface area contributed by atoms with Gasteiger partial charge in [-0.15, -0.1) is 0 Å². The molecule has 9 nitrogen and oxygen atoms in total. The first-order valence-corrected chi connectivity index (χ1v) is 10.3. The van der Waals surface area contributed by atoms with Crippen molar-refractivity contribution in [2.75, 3.05) is 19.3 Å². The second-order valence-corrected chi connectivity index (χ2v) is 8.53. The van der Waals surface area contributed by atoms with Crippen molar-refractivity contribution in [3.05, 3.63) is 30.2 Å². The monoisotopic (exact) mass is 397 g/mol. The standard InChI is InChI=1S/C16H20FN5O4S/c1-27(24,25)9-22-8-10(5-21-22)13-4-11(16(18)23)15(7-20-13)26-14-2-3-19-6-12(14)17/h4-5,7-8,12,14,19H,2-3,6,9H2,1H3,(H2,18,23). The summed E-state index contributed by atoms with van der Waals surface area (Å²) in [5, 5.41) is 6.89. The minimum absolute atomic E-state index is 0.0709. The van der Waals surface area contributed by atoms with Crippen molar-refractivity contribution in [1.29, 1.82) is 0 Å². The van der Waals surface area contributed by atoms with Crippen molar-refractivity contribution in [3.63, 3.8) is 0 Å². The maximum atomic E-state index is 14.0. The highest BCUT2D eigenvalue weighted by molar-refractivity contribution is 7.89. The summed E-state index contributed by atoms with van der Waals surface area (Å²) in [5.41, 5.74) is 6.39. The zero-order chi connectivity index (χ0) is 19.6. The SMILES string of the molecule is CS(=O)(=O)Cn1cc(-c2cc(C(N)=O)c(OC3CCNCC3F)cn2)cn1. The minimum atomic E-state index is -3.25. The first kappa shape index (κ1) is 19.2. The number of aromatic nitrogens is 3. The van der Waals surface area contributed by atoms with Gasteiger partial charge in [0.25, 0.3) is 5.91 Å². The number of primary amides is 1. The highest BCUT2D eigenvalue weighted by atomic mass is 32.2. The van der Waals surface area contributed by atoms with Crippen LogP contribution in [-0.4, -0.2) is 60.7 Å². The van der Waals surface area contributed by atoms with Gasteiger partial charge in [0.05, 0.1) is 23.7 Å². The quantitative estimate of drug-likeness (QED) is 0.708. The van der Waals surface area contributed by atoms with Crippen LogP contribution < -0.4 is 15.8 Å². The van der Waals surface area contributed by atoms with Crippen molar-refractivity contribution in [2.24, 2.45) is 5.73 Å². The highest BCUT2D eigenvalue weighted by Crippen LogP contribution is 2.26. The molecule has 11 heteroatoms. The fraction of sp³-hybridized carbons (Fsp3) is 0.438. The van der Waals surface area contributed by atoms with E-state index in [4.69, 9.17) is 10.5 Å². The molecule has 1 saturated heterocycles. The fourth-order valence-electron chi connectivity index (χ4n) is 2.79. The fourth-order valence-corrected chi connectivity index (χ4v) is 3.41. The lowest BCUT2D eigenvalue weighted by molar-refractivity contribution is 0.0710. The third-order valence-corrected chi connectivity index (χ3v) is 4.79. The van der Waals surface area contributed by atoms with E-state index in [1.54, 1.807) is 0 Å². The second kappa shape index (κ2) is 7.61. The Kier molecular flexibility index (Phi) is 5.42. The number of nitrogens with zero attached hydrogens (tertiary/aromatic N) is 3. The molecule has 1 aliphatic heterocycles. The first-order valence-electron chi connectivity index (χ1n) is 8.25. The Bertz CT molecular complexity index is 946. The van der Waals surface area contributed by atoms with E-state index in [0.29, 0.717) is 24.2 Å². The van der Waals surface area contributed by atoms with Gasteiger partial charge in [-0.05, 0) is 19.0 Å². The molecular weight excluding hydrogens is 377 g/mol. The van der Waals surface area contributed by atoms with Crippen LogP contribution in [0.3, 0.4) is 0 Å². The Morgan fingerprint density at radius 3 is 2.93 bits per heavy atom. The molecule has 0 aromatic carbocycles.